The lowest BCUT2D eigenvalue weighted by Crippen LogP contribution is -2.46. The molecule has 0 fully saturated rings. The van der Waals surface area contributed by atoms with E-state index in [1.807, 2.05) is 21.7 Å². The maximum Gasteiger partial charge on any atom is 0.396 e. The third-order valence-electron chi connectivity index (χ3n) is 5.42. The molecular weight excluding hydrogens is 341 g/mol. The van der Waals surface area contributed by atoms with Gasteiger partial charge < -0.3 is 5.11 Å². The minimum atomic E-state index is -1.18. The predicted molar refractivity (Wildman–Crippen MR) is 105 cm³/mol. The summed E-state index contributed by atoms with van der Waals surface area (Å²) in [7, 11) is 0. The van der Waals surface area contributed by atoms with E-state index in [9.17, 15) is 9.50 Å². The number of benzene rings is 1. The van der Waals surface area contributed by atoms with Crippen molar-refractivity contribution in [1.29, 1.82) is 0 Å². The molecule has 2 aromatic rings. The molecule has 2 heterocycles. The molecule has 1 N–H and O–H groups in total. The number of hydrogen-bond donors (Lipinski definition) is 1. The van der Waals surface area contributed by atoms with Crippen LogP contribution in [0.5, 0.6) is 0 Å². The van der Waals surface area contributed by atoms with E-state index in [1.54, 1.807) is 18.3 Å². The Bertz CT molecular complexity index is 722. The van der Waals surface area contributed by atoms with Gasteiger partial charge in [-0.1, -0.05) is 56.9 Å². The van der Waals surface area contributed by atoms with E-state index in [-0.39, 0.29) is 5.82 Å². The summed E-state index contributed by atoms with van der Waals surface area (Å²) in [4.78, 5) is 6.45. The van der Waals surface area contributed by atoms with E-state index in [0.29, 0.717) is 12.1 Å². The molecule has 0 spiro atoms. The highest BCUT2D eigenvalue weighted by Gasteiger charge is 2.51. The van der Waals surface area contributed by atoms with Gasteiger partial charge in [-0.2, -0.15) is 0 Å². The van der Waals surface area contributed by atoms with Gasteiger partial charge in [-0.3, -0.25) is 0 Å². The van der Waals surface area contributed by atoms with Crippen LogP contribution in [0.15, 0.2) is 42.7 Å². The van der Waals surface area contributed by atoms with Gasteiger partial charge in [0.25, 0.3) is 0 Å². The largest absolute Gasteiger partial charge is 0.396 e. The molecule has 5 heteroatoms. The van der Waals surface area contributed by atoms with Crippen LogP contribution < -0.4 is 9.47 Å². The maximum atomic E-state index is 13.3. The first-order valence-electron chi connectivity index (χ1n) is 10.3. The van der Waals surface area contributed by atoms with Crippen LogP contribution >= 0.6 is 0 Å². The Morgan fingerprint density at radius 2 is 1.74 bits per heavy atom. The number of fused-ring (bicyclic) bond motifs is 1. The van der Waals surface area contributed by atoms with Crippen molar-refractivity contribution in [2.45, 2.75) is 70.6 Å². The quantitative estimate of drug-likeness (QED) is 0.499. The minimum Gasteiger partial charge on any atom is -0.353 e. The summed E-state index contributed by atoms with van der Waals surface area (Å²) in [5.41, 5.74) is -0.482. The minimum absolute atomic E-state index is 0.293. The average Bonchev–Trinajstić information content (AvgIpc) is 2.97. The van der Waals surface area contributed by atoms with Crippen molar-refractivity contribution < 1.29 is 14.1 Å². The zero-order chi connectivity index (χ0) is 19.1. The van der Waals surface area contributed by atoms with Crippen molar-refractivity contribution in [1.82, 2.24) is 4.98 Å². The molecule has 1 aromatic carbocycles. The number of halogens is 1. The lowest BCUT2D eigenvalue weighted by molar-refractivity contribution is -0.685. The highest BCUT2D eigenvalue weighted by atomic mass is 19.1. The van der Waals surface area contributed by atoms with Gasteiger partial charge in [-0.25, -0.2) is 13.9 Å². The fourth-order valence-electron chi connectivity index (χ4n) is 3.88. The highest BCUT2D eigenvalue weighted by molar-refractivity contribution is 5.38. The molecule has 0 saturated carbocycles. The highest BCUT2D eigenvalue weighted by Crippen LogP contribution is 2.34. The van der Waals surface area contributed by atoms with Gasteiger partial charge >= 0.3 is 5.95 Å². The second-order valence-corrected chi connectivity index (χ2v) is 7.50. The fourth-order valence-corrected chi connectivity index (χ4v) is 3.88. The zero-order valence-corrected chi connectivity index (χ0v) is 16.3. The third-order valence-corrected chi connectivity index (χ3v) is 5.42. The summed E-state index contributed by atoms with van der Waals surface area (Å²) in [6.07, 6.45) is 13.6. The summed E-state index contributed by atoms with van der Waals surface area (Å²) >= 11 is 0. The molecule has 4 nitrogen and oxygen atoms in total. The van der Waals surface area contributed by atoms with Gasteiger partial charge in [0.2, 0.25) is 5.72 Å². The molecule has 146 valence electrons. The molecule has 0 amide bonds. The second-order valence-electron chi connectivity index (χ2n) is 7.50. The fraction of sp³-hybridized carbons (Fsp3) is 0.545. The number of aliphatic hydroxyl groups is 1. The zero-order valence-electron chi connectivity index (χ0n) is 16.3. The summed E-state index contributed by atoms with van der Waals surface area (Å²) in [5, 5.41) is 11.5. The van der Waals surface area contributed by atoms with Crippen LogP contribution in [0.2, 0.25) is 0 Å². The summed E-state index contributed by atoms with van der Waals surface area (Å²) < 4.78 is 15.3. The van der Waals surface area contributed by atoms with Crippen molar-refractivity contribution in [2.24, 2.45) is 0 Å². The molecule has 1 aliphatic heterocycles. The number of nitrogens with zero attached hydrogens (tertiary/aromatic N) is 3. The van der Waals surface area contributed by atoms with Crippen LogP contribution in [0.1, 0.15) is 63.9 Å². The van der Waals surface area contributed by atoms with Gasteiger partial charge in [0.15, 0.2) is 0 Å². The van der Waals surface area contributed by atoms with Crippen LogP contribution in [0.3, 0.4) is 0 Å². The monoisotopic (exact) mass is 372 g/mol. The van der Waals surface area contributed by atoms with E-state index in [0.717, 1.165) is 25.3 Å². The van der Waals surface area contributed by atoms with Crippen molar-refractivity contribution in [2.75, 3.05) is 11.4 Å². The Morgan fingerprint density at radius 1 is 1.07 bits per heavy atom. The SMILES string of the molecule is CCCCCCCCCCN1c2nccc[n+]2CC1(O)c1ccc(F)cc1. The molecule has 1 unspecified atom stereocenters. The number of anilines is 1. The molecular formula is C22H31FN3O+. The predicted octanol–water partition coefficient (Wildman–Crippen LogP) is 4.31. The number of rotatable bonds is 10. The average molecular weight is 373 g/mol. The van der Waals surface area contributed by atoms with Gasteiger partial charge in [0, 0.05) is 11.6 Å². The topological polar surface area (TPSA) is 40.2 Å². The van der Waals surface area contributed by atoms with E-state index in [4.69, 9.17) is 0 Å². The molecule has 0 bridgehead atoms. The van der Waals surface area contributed by atoms with E-state index in [1.165, 1.54) is 50.7 Å². The lowest BCUT2D eigenvalue weighted by atomic mass is 10.0. The Morgan fingerprint density at radius 3 is 2.44 bits per heavy atom. The van der Waals surface area contributed by atoms with Crippen LogP contribution in [0.4, 0.5) is 10.3 Å². The van der Waals surface area contributed by atoms with Gasteiger partial charge in [-0.05, 0) is 30.7 Å². The lowest BCUT2D eigenvalue weighted by Gasteiger charge is -2.28. The van der Waals surface area contributed by atoms with Crippen molar-refractivity contribution in [3.8, 4) is 0 Å². The Hall–Kier alpha value is -2.01. The first kappa shape index (κ1) is 19.7. The smallest absolute Gasteiger partial charge is 0.353 e. The van der Waals surface area contributed by atoms with E-state index < -0.39 is 5.72 Å². The first-order chi connectivity index (χ1) is 13.1. The van der Waals surface area contributed by atoms with E-state index in [2.05, 4.69) is 11.9 Å². The normalized spacial score (nSPS) is 18.7. The standard InChI is InChI=1S/C22H31FN3O/c1-2-3-4-5-6-7-8-9-17-26-21-24-15-10-16-25(21)18-22(26,27)19-11-13-20(23)14-12-19/h10-16,27H,2-9,17-18H2,1H3/q+1. The summed E-state index contributed by atoms with van der Waals surface area (Å²) in [5.74, 6) is 0.477. The van der Waals surface area contributed by atoms with Crippen molar-refractivity contribution in [3.05, 3.63) is 54.1 Å². The van der Waals surface area contributed by atoms with Crippen molar-refractivity contribution >= 4 is 5.95 Å². The number of aromatic nitrogens is 2. The Balaban J connectivity index is 1.63. The van der Waals surface area contributed by atoms with E-state index >= 15 is 0 Å². The molecule has 1 aromatic heterocycles. The molecule has 1 aliphatic rings. The molecule has 3 rings (SSSR count). The van der Waals surface area contributed by atoms with Gasteiger partial charge in [0.05, 0.1) is 12.7 Å². The Labute approximate surface area is 161 Å². The molecule has 1 atom stereocenters. The molecule has 0 radical (unpaired) electrons. The molecule has 0 saturated heterocycles. The third kappa shape index (κ3) is 4.64. The number of hydrogen-bond acceptors (Lipinski definition) is 3. The Kier molecular flexibility index (Phi) is 6.78. The van der Waals surface area contributed by atoms with Crippen LogP contribution in [0, 0.1) is 5.82 Å². The van der Waals surface area contributed by atoms with Crippen LogP contribution in [0.25, 0.3) is 0 Å². The van der Waals surface area contributed by atoms with Crippen LogP contribution in [-0.2, 0) is 12.3 Å². The van der Waals surface area contributed by atoms with Gasteiger partial charge in [0.1, 0.15) is 18.6 Å². The summed E-state index contributed by atoms with van der Waals surface area (Å²) in [6.45, 7) is 3.38. The van der Waals surface area contributed by atoms with Crippen LogP contribution in [-0.4, -0.2) is 16.6 Å². The molecule has 0 aliphatic carbocycles. The van der Waals surface area contributed by atoms with Crippen molar-refractivity contribution in [3.63, 3.8) is 0 Å². The summed E-state index contributed by atoms with van der Waals surface area (Å²) in [6, 6.07) is 8.02. The second kappa shape index (κ2) is 9.27. The maximum absolute atomic E-state index is 13.3. The molecule has 27 heavy (non-hydrogen) atoms. The van der Waals surface area contributed by atoms with Gasteiger partial charge in [-0.15, -0.1) is 0 Å². The number of unbranched alkanes of at least 4 members (excludes halogenated alkanes) is 7. The first-order valence-corrected chi connectivity index (χ1v) is 10.3.